The molecule has 0 aromatic heterocycles. The van der Waals surface area contributed by atoms with Crippen molar-refractivity contribution in [3.8, 4) is 28.7 Å². The van der Waals surface area contributed by atoms with Gasteiger partial charge in [-0.25, -0.2) is 0 Å². The van der Waals surface area contributed by atoms with E-state index in [-0.39, 0.29) is 11.9 Å². The van der Waals surface area contributed by atoms with Crippen molar-refractivity contribution < 1.29 is 28.5 Å². The van der Waals surface area contributed by atoms with Gasteiger partial charge in [-0.15, -0.1) is 0 Å². The molecule has 0 radical (unpaired) electrons. The van der Waals surface area contributed by atoms with Gasteiger partial charge in [0, 0.05) is 10.0 Å². The van der Waals surface area contributed by atoms with E-state index in [4.69, 9.17) is 23.7 Å². The summed E-state index contributed by atoms with van der Waals surface area (Å²) in [7, 11) is 1.53. The maximum absolute atomic E-state index is 12.8. The zero-order valence-electron chi connectivity index (χ0n) is 15.5. The maximum Gasteiger partial charge on any atom is 0.252 e. The van der Waals surface area contributed by atoms with Crippen LogP contribution in [0.5, 0.6) is 28.7 Å². The maximum atomic E-state index is 12.8. The van der Waals surface area contributed by atoms with Gasteiger partial charge in [0.05, 0.1) is 13.2 Å². The first-order valence-electron chi connectivity index (χ1n) is 8.94. The molecule has 0 aliphatic carbocycles. The zero-order chi connectivity index (χ0) is 19.7. The van der Waals surface area contributed by atoms with Crippen LogP contribution in [0.2, 0.25) is 0 Å². The summed E-state index contributed by atoms with van der Waals surface area (Å²) < 4.78 is 28.6. The zero-order valence-corrected chi connectivity index (χ0v) is 17.1. The molecule has 0 saturated heterocycles. The molecule has 0 saturated carbocycles. The lowest BCUT2D eigenvalue weighted by Gasteiger charge is -2.23. The van der Waals surface area contributed by atoms with E-state index < -0.39 is 0 Å². The number of methoxy groups -OCH3 is 1. The van der Waals surface area contributed by atoms with Crippen LogP contribution in [-0.2, 0) is 0 Å². The quantitative estimate of drug-likeness (QED) is 0.769. The monoisotopic (exact) mass is 449 g/mol. The van der Waals surface area contributed by atoms with E-state index in [1.54, 1.807) is 12.1 Å². The highest BCUT2D eigenvalue weighted by Crippen LogP contribution is 2.41. The van der Waals surface area contributed by atoms with Crippen LogP contribution in [0.15, 0.2) is 28.7 Å². The predicted octanol–water partition coefficient (Wildman–Crippen LogP) is 3.49. The molecular formula is C20H20BrNO6. The van der Waals surface area contributed by atoms with Gasteiger partial charge in [0.15, 0.2) is 23.0 Å². The summed E-state index contributed by atoms with van der Waals surface area (Å²) in [4.78, 5) is 12.8. The van der Waals surface area contributed by atoms with Crippen LogP contribution in [0.4, 0.5) is 0 Å². The molecular weight excluding hydrogens is 430 g/mol. The molecule has 7 nitrogen and oxygen atoms in total. The van der Waals surface area contributed by atoms with Gasteiger partial charge in [0.1, 0.15) is 26.4 Å². The van der Waals surface area contributed by atoms with Crippen molar-refractivity contribution in [1.29, 1.82) is 0 Å². The molecule has 148 valence electrons. The largest absolute Gasteiger partial charge is 0.493 e. The van der Waals surface area contributed by atoms with Crippen molar-refractivity contribution >= 4 is 21.8 Å². The van der Waals surface area contributed by atoms with E-state index in [0.717, 1.165) is 10.0 Å². The lowest BCUT2D eigenvalue weighted by molar-refractivity contribution is 0.0937. The Bertz CT molecular complexity index is 899. The van der Waals surface area contributed by atoms with E-state index in [0.29, 0.717) is 60.7 Å². The summed E-state index contributed by atoms with van der Waals surface area (Å²) in [6, 6.07) is 6.79. The first-order valence-corrected chi connectivity index (χ1v) is 9.73. The Morgan fingerprint density at radius 2 is 1.64 bits per heavy atom. The lowest BCUT2D eigenvalue weighted by atomic mass is 10.1. The van der Waals surface area contributed by atoms with Crippen LogP contribution < -0.4 is 29.0 Å². The van der Waals surface area contributed by atoms with Gasteiger partial charge < -0.3 is 29.0 Å². The minimum Gasteiger partial charge on any atom is -0.493 e. The van der Waals surface area contributed by atoms with Crippen molar-refractivity contribution in [2.24, 2.45) is 0 Å². The molecule has 2 aliphatic heterocycles. The van der Waals surface area contributed by atoms with Crippen molar-refractivity contribution in [3.05, 3.63) is 39.9 Å². The number of halogens is 1. The highest BCUT2D eigenvalue weighted by atomic mass is 79.9. The van der Waals surface area contributed by atoms with Gasteiger partial charge in [0.25, 0.3) is 5.91 Å². The van der Waals surface area contributed by atoms with Gasteiger partial charge in [-0.2, -0.15) is 0 Å². The van der Waals surface area contributed by atoms with Crippen LogP contribution in [-0.4, -0.2) is 39.4 Å². The lowest BCUT2D eigenvalue weighted by Crippen LogP contribution is -2.27. The average Bonchev–Trinajstić information content (AvgIpc) is 2.72. The van der Waals surface area contributed by atoms with E-state index in [2.05, 4.69) is 21.2 Å². The van der Waals surface area contributed by atoms with Crippen molar-refractivity contribution in [3.63, 3.8) is 0 Å². The predicted molar refractivity (Wildman–Crippen MR) is 105 cm³/mol. The molecule has 2 aliphatic rings. The van der Waals surface area contributed by atoms with Crippen molar-refractivity contribution in [1.82, 2.24) is 5.32 Å². The summed E-state index contributed by atoms with van der Waals surface area (Å²) >= 11 is 3.55. The van der Waals surface area contributed by atoms with Crippen LogP contribution in [0.1, 0.15) is 28.9 Å². The van der Waals surface area contributed by atoms with E-state index in [1.165, 1.54) is 7.11 Å². The first-order chi connectivity index (χ1) is 13.6. The van der Waals surface area contributed by atoms with E-state index >= 15 is 0 Å². The number of benzene rings is 2. The molecule has 2 aromatic rings. The Morgan fingerprint density at radius 1 is 1.00 bits per heavy atom. The topological polar surface area (TPSA) is 75.3 Å². The fourth-order valence-electron chi connectivity index (χ4n) is 3.17. The number of ether oxygens (including phenoxy) is 5. The fourth-order valence-corrected chi connectivity index (χ4v) is 3.84. The Labute approximate surface area is 171 Å². The highest BCUT2D eigenvalue weighted by Gasteiger charge is 2.23. The summed E-state index contributed by atoms with van der Waals surface area (Å²) in [6.07, 6.45) is 0. The van der Waals surface area contributed by atoms with Crippen LogP contribution in [0, 0.1) is 0 Å². The highest BCUT2D eigenvalue weighted by molar-refractivity contribution is 9.10. The molecule has 8 heteroatoms. The second kappa shape index (κ2) is 7.79. The fraction of sp³-hybridized carbons (Fsp3) is 0.350. The third kappa shape index (κ3) is 3.56. The molecule has 0 bridgehead atoms. The molecule has 0 spiro atoms. The number of carbonyl (C=O) groups excluding carboxylic acids is 1. The second-order valence-corrected chi connectivity index (χ2v) is 7.27. The third-order valence-corrected chi connectivity index (χ3v) is 5.25. The second-order valence-electron chi connectivity index (χ2n) is 6.42. The van der Waals surface area contributed by atoms with Crippen molar-refractivity contribution in [2.75, 3.05) is 33.5 Å². The van der Waals surface area contributed by atoms with E-state index in [9.17, 15) is 4.79 Å². The van der Waals surface area contributed by atoms with Gasteiger partial charge in [-0.05, 0) is 36.8 Å². The van der Waals surface area contributed by atoms with E-state index in [1.807, 2.05) is 19.1 Å². The normalized spacial score (nSPS) is 15.5. The van der Waals surface area contributed by atoms with Crippen LogP contribution >= 0.6 is 15.9 Å². The van der Waals surface area contributed by atoms with Gasteiger partial charge in [-0.1, -0.05) is 15.9 Å². The smallest absolute Gasteiger partial charge is 0.252 e. The number of hydrogen-bond acceptors (Lipinski definition) is 6. The number of fused-ring (bicyclic) bond motifs is 2. The Morgan fingerprint density at radius 3 is 2.36 bits per heavy atom. The summed E-state index contributed by atoms with van der Waals surface area (Å²) in [5, 5.41) is 3.00. The minimum atomic E-state index is -0.267. The van der Waals surface area contributed by atoms with Crippen molar-refractivity contribution in [2.45, 2.75) is 13.0 Å². The van der Waals surface area contributed by atoms with Gasteiger partial charge >= 0.3 is 0 Å². The molecule has 2 aromatic carbocycles. The number of amides is 1. The summed E-state index contributed by atoms with van der Waals surface area (Å²) in [5.41, 5.74) is 1.32. The minimum absolute atomic E-state index is 0.246. The van der Waals surface area contributed by atoms with Crippen LogP contribution in [0.3, 0.4) is 0 Å². The number of carbonyl (C=O) groups is 1. The number of hydrogen-bond donors (Lipinski definition) is 1. The number of rotatable bonds is 4. The molecule has 0 fully saturated rings. The Hall–Kier alpha value is -2.61. The first kappa shape index (κ1) is 18.7. The standard InChI is InChI=1S/C20H20BrNO6/c1-11(13-9-15-16(10-14(13)21)26-4-3-25-15)22-20(23)12-7-17(24-2)19-18(8-12)27-5-6-28-19/h7-11H,3-6H2,1-2H3,(H,22,23). The summed E-state index contributed by atoms with van der Waals surface area (Å²) in [6.45, 7) is 3.82. The number of nitrogens with one attached hydrogen (secondary N) is 1. The Balaban J connectivity index is 1.57. The summed E-state index contributed by atoms with van der Waals surface area (Å²) in [5.74, 6) is 2.61. The molecule has 1 atom stereocenters. The van der Waals surface area contributed by atoms with Crippen LogP contribution in [0.25, 0.3) is 0 Å². The molecule has 4 rings (SSSR count). The average molecular weight is 450 g/mol. The molecule has 28 heavy (non-hydrogen) atoms. The van der Waals surface area contributed by atoms with Gasteiger partial charge in [0.2, 0.25) is 5.75 Å². The molecule has 1 amide bonds. The molecule has 2 heterocycles. The molecule has 1 unspecified atom stereocenters. The Kier molecular flexibility index (Phi) is 5.21. The molecule has 1 N–H and O–H groups in total. The SMILES string of the molecule is COc1cc(C(=O)NC(C)c2cc3c(cc2Br)OCCO3)cc2c1OCCO2. The van der Waals surface area contributed by atoms with Gasteiger partial charge in [-0.3, -0.25) is 4.79 Å². The third-order valence-electron chi connectivity index (χ3n) is 4.57.